The first kappa shape index (κ1) is 11.2. The zero-order chi connectivity index (χ0) is 9.23. The topological polar surface area (TPSA) is 50.1 Å². The molecule has 0 aromatic heterocycles. The van der Waals surface area contributed by atoms with Gasteiger partial charge in [-0.3, -0.25) is 4.52 Å². The van der Waals surface area contributed by atoms with Crippen LogP contribution in [0.3, 0.4) is 0 Å². The van der Waals surface area contributed by atoms with E-state index in [4.69, 9.17) is 5.26 Å². The van der Waals surface area contributed by atoms with Gasteiger partial charge in [0, 0.05) is 6.08 Å². The van der Waals surface area contributed by atoms with Gasteiger partial charge in [-0.2, -0.15) is 5.26 Å². The molecule has 0 aliphatic heterocycles. The summed E-state index contributed by atoms with van der Waals surface area (Å²) < 4.78 is 26.7. The van der Waals surface area contributed by atoms with Crippen LogP contribution in [-0.2, 0) is 9.09 Å². The predicted molar refractivity (Wildman–Crippen MR) is 42.2 cm³/mol. The van der Waals surface area contributed by atoms with E-state index in [0.717, 1.165) is 6.08 Å². The summed E-state index contributed by atoms with van der Waals surface area (Å²) >= 11 is 0. The number of nitrogens with zero attached hydrogens (tertiary/aromatic N) is 1. The van der Waals surface area contributed by atoms with Crippen LogP contribution in [-0.4, -0.2) is 6.61 Å². The molecule has 0 rings (SSSR count). The van der Waals surface area contributed by atoms with E-state index in [2.05, 4.69) is 4.52 Å². The molecule has 0 aromatic rings. The summed E-state index contributed by atoms with van der Waals surface area (Å²) in [5.41, 5.74) is 0. The van der Waals surface area contributed by atoms with Crippen LogP contribution in [0.15, 0.2) is 11.9 Å². The molecule has 12 heavy (non-hydrogen) atoms. The molecule has 0 heterocycles. The molecule has 0 fully saturated rings. The molecule has 0 unspecified atom stereocenters. The maximum absolute atomic E-state index is 12.4. The molecule has 0 aliphatic rings. The largest absolute Gasteiger partial charge is 0.327 e. The van der Waals surface area contributed by atoms with Crippen LogP contribution < -0.4 is 0 Å². The fraction of sp³-hybridized carbons (Fsp3) is 0.571. The minimum atomic E-state index is -0.419. The van der Waals surface area contributed by atoms with E-state index in [9.17, 15) is 8.96 Å². The number of hydrogen-bond acceptors (Lipinski definition) is 3. The number of rotatable bonds is 6. The van der Waals surface area contributed by atoms with Crippen molar-refractivity contribution >= 4 is 8.69 Å². The van der Waals surface area contributed by atoms with Crippen LogP contribution in [0.5, 0.6) is 0 Å². The fourth-order valence-electron chi connectivity index (χ4n) is 0.640. The summed E-state index contributed by atoms with van der Waals surface area (Å²) in [6.45, 7) is 0.352. The molecular formula is C7H9FNO2P. The van der Waals surface area contributed by atoms with Gasteiger partial charge in [0.25, 0.3) is 0 Å². The Morgan fingerprint density at radius 1 is 1.67 bits per heavy atom. The highest BCUT2D eigenvalue weighted by Gasteiger charge is 1.94. The lowest BCUT2D eigenvalue weighted by Gasteiger charge is -1.95. The zero-order valence-electron chi connectivity index (χ0n) is 6.49. The Bertz CT molecular complexity index is 200. The summed E-state index contributed by atoms with van der Waals surface area (Å²) in [4.78, 5) is 0. The number of hydrogen-bond donors (Lipinski definition) is 0. The summed E-state index contributed by atoms with van der Waals surface area (Å²) in [6, 6.07) is 1.60. The van der Waals surface area contributed by atoms with Gasteiger partial charge < -0.3 is 0 Å². The maximum Gasteiger partial charge on any atom is 0.327 e. The quantitative estimate of drug-likeness (QED) is 0.366. The third kappa shape index (κ3) is 7.33. The Hall–Kier alpha value is -0.780. The minimum absolute atomic E-state index is 0.243. The van der Waals surface area contributed by atoms with E-state index in [1.54, 1.807) is 6.07 Å². The maximum atomic E-state index is 12.4. The van der Waals surface area contributed by atoms with Crippen molar-refractivity contribution in [3.8, 4) is 6.07 Å². The molecule has 3 nitrogen and oxygen atoms in total. The Balaban J connectivity index is 3.26. The molecule has 0 spiro atoms. The van der Waals surface area contributed by atoms with Gasteiger partial charge >= 0.3 is 8.69 Å². The second-order valence-electron chi connectivity index (χ2n) is 2.09. The lowest BCUT2D eigenvalue weighted by Crippen LogP contribution is -1.84. The van der Waals surface area contributed by atoms with Crippen LogP contribution in [0.2, 0.25) is 0 Å². The second kappa shape index (κ2) is 8.32. The highest BCUT2D eigenvalue weighted by atomic mass is 31.1. The van der Waals surface area contributed by atoms with Crippen molar-refractivity contribution in [1.29, 1.82) is 5.26 Å². The predicted octanol–water partition coefficient (Wildman–Crippen LogP) is 2.76. The third-order valence-electron chi connectivity index (χ3n) is 1.18. The van der Waals surface area contributed by atoms with E-state index >= 15 is 0 Å². The molecule has 0 saturated carbocycles. The molecule has 0 bridgehead atoms. The number of unbranched alkanes of at least 4 members (excludes halogenated alkanes) is 1. The Morgan fingerprint density at radius 3 is 3.00 bits per heavy atom. The summed E-state index contributed by atoms with van der Waals surface area (Å²) in [7, 11) is -0.343. The Labute approximate surface area is 72.1 Å². The Morgan fingerprint density at radius 2 is 2.42 bits per heavy atom. The van der Waals surface area contributed by atoms with Crippen molar-refractivity contribution in [3.05, 3.63) is 11.9 Å². The Kier molecular flexibility index (Phi) is 7.78. The first-order chi connectivity index (χ1) is 5.81. The lowest BCUT2D eigenvalue weighted by atomic mass is 10.2. The van der Waals surface area contributed by atoms with Crippen molar-refractivity contribution < 1.29 is 13.5 Å². The molecule has 66 valence electrons. The fourth-order valence-corrected chi connectivity index (χ4v) is 0.844. The van der Waals surface area contributed by atoms with E-state index in [1.807, 2.05) is 0 Å². The molecule has 0 aromatic carbocycles. The first-order valence-corrected chi connectivity index (χ1v) is 4.23. The average molecular weight is 189 g/mol. The number of allylic oxidation sites excluding steroid dienone is 2. The first-order valence-electron chi connectivity index (χ1n) is 3.50. The van der Waals surface area contributed by atoms with Gasteiger partial charge in [-0.05, 0) is 19.3 Å². The van der Waals surface area contributed by atoms with Crippen LogP contribution >= 0.6 is 8.69 Å². The molecule has 0 atom stereocenters. The van der Waals surface area contributed by atoms with Crippen LogP contribution in [0.1, 0.15) is 19.3 Å². The molecular weight excluding hydrogens is 180 g/mol. The van der Waals surface area contributed by atoms with Gasteiger partial charge in [0.05, 0.1) is 12.7 Å². The van der Waals surface area contributed by atoms with Crippen molar-refractivity contribution in [2.75, 3.05) is 6.61 Å². The van der Waals surface area contributed by atoms with E-state index in [0.29, 0.717) is 19.4 Å². The van der Waals surface area contributed by atoms with Gasteiger partial charge in [0.2, 0.25) is 0 Å². The minimum Gasteiger partial charge on any atom is -0.294 e. The van der Waals surface area contributed by atoms with Gasteiger partial charge in [0.15, 0.2) is 0 Å². The normalized spacial score (nSPS) is 11.5. The third-order valence-corrected chi connectivity index (χ3v) is 1.46. The monoisotopic (exact) mass is 189 g/mol. The van der Waals surface area contributed by atoms with Crippen molar-refractivity contribution in [2.24, 2.45) is 0 Å². The number of halogens is 1. The SMILES string of the molecule is N#CC=C(F)CCCCOP=O. The molecule has 0 aliphatic carbocycles. The van der Waals surface area contributed by atoms with Gasteiger partial charge in [-0.15, -0.1) is 0 Å². The molecule has 0 radical (unpaired) electrons. The molecule has 0 amide bonds. The van der Waals surface area contributed by atoms with E-state index in [1.165, 1.54) is 0 Å². The van der Waals surface area contributed by atoms with Gasteiger partial charge in [-0.25, -0.2) is 8.96 Å². The smallest absolute Gasteiger partial charge is 0.294 e. The highest BCUT2D eigenvalue weighted by molar-refractivity contribution is 7.17. The van der Waals surface area contributed by atoms with Crippen molar-refractivity contribution in [1.82, 2.24) is 0 Å². The van der Waals surface area contributed by atoms with Crippen LogP contribution in [0, 0.1) is 11.3 Å². The second-order valence-corrected chi connectivity index (χ2v) is 2.49. The van der Waals surface area contributed by atoms with Crippen molar-refractivity contribution in [3.63, 3.8) is 0 Å². The summed E-state index contributed by atoms with van der Waals surface area (Å²) in [5, 5.41) is 8.04. The average Bonchev–Trinajstić information content (AvgIpc) is 2.05. The summed E-state index contributed by atoms with van der Waals surface area (Å²) in [5.74, 6) is -0.419. The molecule has 5 heteroatoms. The molecule has 0 saturated heterocycles. The highest BCUT2D eigenvalue weighted by Crippen LogP contribution is 2.08. The van der Waals surface area contributed by atoms with Crippen molar-refractivity contribution in [2.45, 2.75) is 19.3 Å². The van der Waals surface area contributed by atoms with Gasteiger partial charge in [0.1, 0.15) is 5.83 Å². The van der Waals surface area contributed by atoms with Gasteiger partial charge in [-0.1, -0.05) is 0 Å². The summed E-state index contributed by atoms with van der Waals surface area (Å²) in [6.07, 6.45) is 2.36. The van der Waals surface area contributed by atoms with Crippen LogP contribution in [0.25, 0.3) is 0 Å². The van der Waals surface area contributed by atoms with E-state index in [-0.39, 0.29) is 15.1 Å². The standard InChI is InChI=1S/C7H9FNO2P/c8-7(4-5-9)3-1-2-6-11-12-10/h4H,1-3,6H2. The van der Waals surface area contributed by atoms with E-state index < -0.39 is 5.83 Å². The lowest BCUT2D eigenvalue weighted by molar-refractivity contribution is 0.329. The zero-order valence-corrected chi connectivity index (χ0v) is 7.39. The number of nitriles is 1. The molecule has 0 N–H and O–H groups in total. The van der Waals surface area contributed by atoms with Crippen LogP contribution in [0.4, 0.5) is 4.39 Å².